The molecule has 0 aromatic carbocycles. The van der Waals surface area contributed by atoms with Crippen LogP contribution in [-0.4, -0.2) is 75.9 Å². The summed E-state index contributed by atoms with van der Waals surface area (Å²) in [5.74, 6) is 0. The average molecular weight is 186 g/mol. The van der Waals surface area contributed by atoms with Crippen LogP contribution in [0.2, 0.25) is 0 Å². The van der Waals surface area contributed by atoms with Gasteiger partial charge in [-0.3, -0.25) is 0 Å². The van der Waals surface area contributed by atoms with Gasteiger partial charge in [-0.2, -0.15) is 0 Å². The maximum absolute atomic E-state index is 6.87. The molecule has 0 unspecified atom stereocenters. The average Bonchev–Trinajstić information content (AvgIpc) is 2.43. The molecule has 1 fully saturated rings. The van der Waals surface area contributed by atoms with Crippen LogP contribution in [0.4, 0.5) is 0 Å². The topological polar surface area (TPSA) is 121 Å². The Kier molecular flexibility index (Phi) is 1.17. The van der Waals surface area contributed by atoms with Crippen LogP contribution >= 0.6 is 0 Å². The zero-order valence-electron chi connectivity index (χ0n) is 11.9. The van der Waals surface area contributed by atoms with Crippen molar-refractivity contribution in [1.82, 2.24) is 0 Å². The highest BCUT2D eigenvalue weighted by atomic mass is 16.4. The summed E-state index contributed by atoms with van der Waals surface area (Å²) in [5, 5.41) is 25.6. The van der Waals surface area contributed by atoms with E-state index in [0.29, 0.717) is 0 Å². The quantitative estimate of drug-likeness (QED) is 0.253. The molecule has 1 aliphatic carbocycles. The van der Waals surface area contributed by atoms with Gasteiger partial charge in [-0.1, -0.05) is 0 Å². The summed E-state index contributed by atoms with van der Waals surface area (Å²) in [6.07, 6.45) is -7.85. The molecule has 0 heterocycles. The third kappa shape index (κ3) is 1.33. The molecule has 1 rings (SSSR count). The molecule has 0 radical (unpaired) electrons. The minimum Gasteiger partial charge on any atom is -0.387 e. The predicted molar refractivity (Wildman–Crippen MR) is 36.0 cm³/mol. The molecule has 0 atom stereocenters. The van der Waals surface area contributed by atoms with Crippen LogP contribution < -0.4 is 0 Å². The lowest BCUT2D eigenvalue weighted by Crippen LogP contribution is -2.63. The molecule has 1 aliphatic rings. The van der Waals surface area contributed by atoms with Crippen molar-refractivity contribution in [2.45, 2.75) is 36.6 Å². The second-order valence-electron chi connectivity index (χ2n) is 2.79. The van der Waals surface area contributed by atoms with E-state index in [9.17, 15) is 0 Å². The molecule has 0 aromatic heterocycles. The zero-order chi connectivity index (χ0) is 13.7. The Morgan fingerprint density at radius 2 is 0.667 bits per heavy atom. The summed E-state index contributed by atoms with van der Waals surface area (Å²) in [7, 11) is 0. The molecular formula is C6H12O6. The van der Waals surface area contributed by atoms with Crippen molar-refractivity contribution in [1.29, 1.82) is 8.59 Å². The van der Waals surface area contributed by atoms with Gasteiger partial charge in [0.25, 0.3) is 0 Å². The second-order valence-corrected chi connectivity index (χ2v) is 2.79. The van der Waals surface area contributed by atoms with E-state index in [4.69, 9.17) is 8.59 Å². The second kappa shape index (κ2) is 3.25. The van der Waals surface area contributed by atoms with Gasteiger partial charge in [-0.25, -0.2) is 0 Å². The fourth-order valence-corrected chi connectivity index (χ4v) is 1.12. The Bertz CT molecular complexity index is 175. The Balaban J connectivity index is 3.06. The highest BCUT2D eigenvalue weighted by Crippen LogP contribution is 2.20. The van der Waals surface area contributed by atoms with Gasteiger partial charge in [0.1, 0.15) is 36.6 Å². The first-order valence-corrected chi connectivity index (χ1v) is 3.41. The van der Waals surface area contributed by atoms with E-state index in [0.717, 1.165) is 0 Å². The van der Waals surface area contributed by atoms with Gasteiger partial charge in [-0.05, 0) is 0 Å². The zero-order valence-corrected chi connectivity index (χ0v) is 5.91. The van der Waals surface area contributed by atoms with Gasteiger partial charge in [0.2, 0.25) is 8.59 Å². The molecule has 72 valence electrons. The number of hydrogen-bond acceptors (Lipinski definition) is 6. The van der Waals surface area contributed by atoms with E-state index in [1.165, 1.54) is 0 Å². The third-order valence-electron chi connectivity index (χ3n) is 1.94. The number of hydrogen-bond donors (Lipinski definition) is 6. The fraction of sp³-hybridized carbons (Fsp3) is 1.00. The molecular weight excluding hydrogens is 168 g/mol. The first-order valence-electron chi connectivity index (χ1n) is 5.86. The maximum atomic E-state index is 6.87. The normalized spacial score (nSPS) is 62.0. The molecule has 1 saturated carbocycles. The van der Waals surface area contributed by atoms with Gasteiger partial charge < -0.3 is 30.7 Å². The lowest BCUT2D eigenvalue weighted by molar-refractivity contribution is -0.223. The highest BCUT2D eigenvalue weighted by molar-refractivity contribution is 4.98. The third-order valence-corrected chi connectivity index (χ3v) is 1.94. The Labute approximate surface area is 77.3 Å². The molecule has 6 N–H and O–H groups in total. The molecule has 0 amide bonds. The smallest absolute Gasteiger partial charge is 0.211 e. The monoisotopic (exact) mass is 186 g/mol. The van der Waals surface area contributed by atoms with Crippen molar-refractivity contribution in [3.8, 4) is 0 Å². The summed E-state index contributed by atoms with van der Waals surface area (Å²) in [4.78, 5) is 0. The molecule has 0 aromatic rings. The largest absolute Gasteiger partial charge is 0.387 e. The van der Waals surface area contributed by atoms with Crippen LogP contribution in [0.1, 0.15) is 0 Å². The van der Waals surface area contributed by atoms with E-state index >= 15 is 0 Å². The van der Waals surface area contributed by atoms with Crippen molar-refractivity contribution in [2.75, 3.05) is 0 Å². The minimum absolute atomic E-state index is 1.31. The van der Waals surface area contributed by atoms with Gasteiger partial charge in [0.15, 0.2) is 0 Å². The van der Waals surface area contributed by atoms with Crippen LogP contribution in [0.5, 0.6) is 0 Å². The van der Waals surface area contributed by atoms with E-state index in [1.54, 1.807) is 0 Å². The van der Waals surface area contributed by atoms with Crippen LogP contribution in [0.25, 0.3) is 0 Å². The first kappa shape index (κ1) is 4.32. The molecule has 6 nitrogen and oxygen atoms in total. The Morgan fingerprint density at radius 1 is 0.500 bits per heavy atom. The van der Waals surface area contributed by atoms with Gasteiger partial charge >= 0.3 is 0 Å². The predicted octanol–water partition coefficient (Wildman–Crippen LogP) is -3.83. The van der Waals surface area contributed by atoms with Gasteiger partial charge in [0.05, 0.1) is 0 Å². The van der Waals surface area contributed by atoms with Crippen LogP contribution in [-0.2, 0) is 0 Å². The van der Waals surface area contributed by atoms with Gasteiger partial charge in [0, 0.05) is 0 Å². The molecule has 12 heavy (non-hydrogen) atoms. The van der Waals surface area contributed by atoms with Crippen LogP contribution in [0, 0.1) is 0 Å². The molecule has 0 bridgehead atoms. The van der Waals surface area contributed by atoms with Crippen molar-refractivity contribution < 1.29 is 30.7 Å². The lowest BCUT2D eigenvalue weighted by atomic mass is 9.85. The van der Waals surface area contributed by atoms with E-state index < -0.39 is 36.6 Å². The summed E-state index contributed by atoms with van der Waals surface area (Å²) >= 11 is 0. The van der Waals surface area contributed by atoms with Crippen molar-refractivity contribution in [3.63, 3.8) is 0 Å². The fourth-order valence-electron chi connectivity index (χ4n) is 1.12. The Morgan fingerprint density at radius 3 is 0.750 bits per heavy atom. The van der Waals surface area contributed by atoms with Crippen LogP contribution in [0.15, 0.2) is 0 Å². The summed E-state index contributed by atoms with van der Waals surface area (Å²) in [5.41, 5.74) is 0. The van der Waals surface area contributed by atoms with E-state index in [2.05, 4.69) is 30.7 Å². The summed E-state index contributed by atoms with van der Waals surface area (Å²) in [6.45, 7) is 0. The molecule has 0 spiro atoms. The number of aliphatic hydroxyl groups is 6. The lowest BCUT2D eigenvalue weighted by Gasteiger charge is -2.39. The number of rotatable bonds is 6. The van der Waals surface area contributed by atoms with Crippen molar-refractivity contribution in [3.05, 3.63) is 0 Å². The standard InChI is InChI=1S/C6H12O6/c7-1-2(8)4(10)6(12)5(11)3(1)9/h1-12H/i7D,8D,9D,10D,11D,12D. The highest BCUT2D eigenvalue weighted by Gasteiger charge is 2.47. The summed E-state index contributed by atoms with van der Waals surface area (Å²) < 4.78 is 41.2. The SMILES string of the molecule is [2H]OC1C(O[2H])C(O[2H])C(O[2H])C(O[2H])C1O[2H]. The first-order chi connectivity index (χ1) is 8.69. The molecule has 0 saturated heterocycles. The molecule has 0 aliphatic heterocycles. The van der Waals surface area contributed by atoms with Crippen LogP contribution in [0.3, 0.4) is 0 Å². The van der Waals surface area contributed by atoms with Gasteiger partial charge in [-0.15, -0.1) is 0 Å². The van der Waals surface area contributed by atoms with E-state index in [1.807, 2.05) is 0 Å². The van der Waals surface area contributed by atoms with Crippen molar-refractivity contribution in [2.24, 2.45) is 0 Å². The molecule has 6 heteroatoms. The maximum Gasteiger partial charge on any atom is 0.211 e. The van der Waals surface area contributed by atoms with E-state index in [-0.39, 0.29) is 0 Å². The summed E-state index contributed by atoms with van der Waals surface area (Å²) in [6, 6.07) is 0. The van der Waals surface area contributed by atoms with Crippen molar-refractivity contribution >= 4 is 0 Å². The number of aliphatic hydroxyl groups excluding tert-OH is 6. The Hall–Kier alpha value is -0.240. The minimum atomic E-state index is -1.31.